The van der Waals surface area contributed by atoms with Gasteiger partial charge in [-0.25, -0.2) is 4.98 Å². The summed E-state index contributed by atoms with van der Waals surface area (Å²) >= 11 is 3.96. The second-order valence-corrected chi connectivity index (χ2v) is 9.16. The molecule has 5 nitrogen and oxygen atoms in total. The van der Waals surface area contributed by atoms with Crippen molar-refractivity contribution in [3.8, 4) is 0 Å². The molecular formula is C21H23IN4OS. The van der Waals surface area contributed by atoms with Crippen LogP contribution in [0.4, 0.5) is 10.8 Å². The van der Waals surface area contributed by atoms with E-state index in [4.69, 9.17) is 4.98 Å². The SMILES string of the molecule is Cc1ccc(C(=O)Nc2ccc(I)cc2)n1Cc1csc(N2CCCCC2)n1. The first-order chi connectivity index (χ1) is 13.6. The minimum atomic E-state index is -0.0965. The van der Waals surface area contributed by atoms with Gasteiger partial charge in [-0.05, 0) is 85.2 Å². The number of anilines is 2. The quantitative estimate of drug-likeness (QED) is 0.488. The molecular weight excluding hydrogens is 483 g/mol. The van der Waals surface area contributed by atoms with Crippen LogP contribution in [0, 0.1) is 10.5 Å². The van der Waals surface area contributed by atoms with Gasteiger partial charge in [0.2, 0.25) is 0 Å². The Morgan fingerprint density at radius 2 is 1.89 bits per heavy atom. The third-order valence-electron chi connectivity index (χ3n) is 5.02. The predicted molar refractivity (Wildman–Crippen MR) is 124 cm³/mol. The highest BCUT2D eigenvalue weighted by Gasteiger charge is 2.17. The summed E-state index contributed by atoms with van der Waals surface area (Å²) < 4.78 is 3.18. The molecule has 28 heavy (non-hydrogen) atoms. The molecule has 1 amide bonds. The van der Waals surface area contributed by atoms with Gasteiger partial charge in [-0.3, -0.25) is 4.79 Å². The molecule has 1 fully saturated rings. The Balaban J connectivity index is 1.49. The molecule has 1 N–H and O–H groups in total. The van der Waals surface area contributed by atoms with Gasteiger partial charge in [-0.2, -0.15) is 0 Å². The Morgan fingerprint density at radius 1 is 1.14 bits per heavy atom. The van der Waals surface area contributed by atoms with Crippen molar-refractivity contribution in [1.82, 2.24) is 9.55 Å². The van der Waals surface area contributed by atoms with Crippen LogP contribution >= 0.6 is 33.9 Å². The summed E-state index contributed by atoms with van der Waals surface area (Å²) in [6.45, 7) is 4.83. The molecule has 1 aliphatic rings. The fourth-order valence-electron chi connectivity index (χ4n) is 3.47. The zero-order valence-corrected chi connectivity index (χ0v) is 18.8. The van der Waals surface area contributed by atoms with E-state index in [2.05, 4.69) is 38.2 Å². The van der Waals surface area contributed by atoms with Gasteiger partial charge in [0.1, 0.15) is 5.69 Å². The first kappa shape index (κ1) is 19.4. The Bertz CT molecular complexity index is 957. The van der Waals surface area contributed by atoms with Gasteiger partial charge in [0.25, 0.3) is 5.91 Å². The van der Waals surface area contributed by atoms with Crippen LogP contribution in [0.2, 0.25) is 0 Å². The predicted octanol–water partition coefficient (Wildman–Crippen LogP) is 5.15. The fraction of sp³-hybridized carbons (Fsp3) is 0.333. The zero-order valence-electron chi connectivity index (χ0n) is 15.8. The van der Waals surface area contributed by atoms with Crippen LogP contribution in [-0.4, -0.2) is 28.5 Å². The Morgan fingerprint density at radius 3 is 2.64 bits per heavy atom. The summed E-state index contributed by atoms with van der Waals surface area (Å²) in [5, 5.41) is 6.21. The molecule has 0 aliphatic carbocycles. The molecule has 0 radical (unpaired) electrons. The summed E-state index contributed by atoms with van der Waals surface area (Å²) in [5.74, 6) is -0.0965. The molecule has 0 atom stereocenters. The van der Waals surface area contributed by atoms with E-state index >= 15 is 0 Å². The van der Waals surface area contributed by atoms with Crippen molar-refractivity contribution < 1.29 is 4.79 Å². The molecule has 3 aromatic rings. The van der Waals surface area contributed by atoms with Gasteiger partial charge in [-0.1, -0.05) is 0 Å². The van der Waals surface area contributed by atoms with Crippen molar-refractivity contribution in [3.63, 3.8) is 0 Å². The Hall–Kier alpha value is -1.87. The van der Waals surface area contributed by atoms with Gasteiger partial charge in [0.05, 0.1) is 12.2 Å². The first-order valence-corrected chi connectivity index (χ1v) is 11.5. The molecule has 3 heterocycles. The average molecular weight is 506 g/mol. The van der Waals surface area contributed by atoms with E-state index in [1.54, 1.807) is 11.3 Å². The van der Waals surface area contributed by atoms with Crippen LogP contribution in [0.3, 0.4) is 0 Å². The largest absolute Gasteiger partial charge is 0.348 e. The molecule has 4 rings (SSSR count). The van der Waals surface area contributed by atoms with Crippen LogP contribution in [0.1, 0.15) is 41.1 Å². The number of amides is 1. The second-order valence-electron chi connectivity index (χ2n) is 7.08. The summed E-state index contributed by atoms with van der Waals surface area (Å²) in [6, 6.07) is 11.7. The van der Waals surface area contributed by atoms with E-state index in [1.807, 2.05) is 47.9 Å². The number of carbonyl (C=O) groups excluding carboxylic acids is 1. The lowest BCUT2D eigenvalue weighted by molar-refractivity contribution is 0.101. The Labute approximate surface area is 182 Å². The topological polar surface area (TPSA) is 50.2 Å². The van der Waals surface area contributed by atoms with Crippen molar-refractivity contribution >= 4 is 50.7 Å². The molecule has 1 saturated heterocycles. The van der Waals surface area contributed by atoms with Crippen molar-refractivity contribution in [2.24, 2.45) is 0 Å². The molecule has 0 spiro atoms. The van der Waals surface area contributed by atoms with Crippen LogP contribution < -0.4 is 10.2 Å². The van der Waals surface area contributed by atoms with Crippen molar-refractivity contribution in [1.29, 1.82) is 0 Å². The van der Waals surface area contributed by atoms with Crippen LogP contribution in [0.5, 0.6) is 0 Å². The number of aromatic nitrogens is 2. The van der Waals surface area contributed by atoms with Crippen molar-refractivity contribution in [2.45, 2.75) is 32.7 Å². The molecule has 1 aromatic carbocycles. The molecule has 0 unspecified atom stereocenters. The zero-order chi connectivity index (χ0) is 19.5. The average Bonchev–Trinajstić information content (AvgIpc) is 3.32. The van der Waals surface area contributed by atoms with E-state index in [9.17, 15) is 4.79 Å². The summed E-state index contributed by atoms with van der Waals surface area (Å²) in [6.07, 6.45) is 3.80. The number of nitrogens with one attached hydrogen (secondary N) is 1. The van der Waals surface area contributed by atoms with Gasteiger partial charge >= 0.3 is 0 Å². The number of carbonyl (C=O) groups is 1. The van der Waals surface area contributed by atoms with E-state index in [-0.39, 0.29) is 5.91 Å². The third kappa shape index (κ3) is 4.41. The van der Waals surface area contributed by atoms with Gasteiger partial charge < -0.3 is 14.8 Å². The number of hydrogen-bond acceptors (Lipinski definition) is 4. The highest BCUT2D eigenvalue weighted by atomic mass is 127. The highest BCUT2D eigenvalue weighted by molar-refractivity contribution is 14.1. The van der Waals surface area contributed by atoms with E-state index in [0.29, 0.717) is 12.2 Å². The maximum atomic E-state index is 12.8. The number of rotatable bonds is 5. The summed E-state index contributed by atoms with van der Waals surface area (Å²) in [7, 11) is 0. The number of nitrogens with zero attached hydrogens (tertiary/aromatic N) is 3. The molecule has 1 aliphatic heterocycles. The lowest BCUT2D eigenvalue weighted by Gasteiger charge is -2.25. The van der Waals surface area contributed by atoms with Crippen LogP contribution in [0.25, 0.3) is 0 Å². The van der Waals surface area contributed by atoms with Gasteiger partial charge in [0.15, 0.2) is 5.13 Å². The molecule has 146 valence electrons. The third-order valence-corrected chi connectivity index (χ3v) is 6.69. The lowest BCUT2D eigenvalue weighted by atomic mass is 10.1. The normalized spacial score (nSPS) is 14.3. The van der Waals surface area contributed by atoms with E-state index in [1.165, 1.54) is 19.3 Å². The molecule has 2 aromatic heterocycles. The lowest BCUT2D eigenvalue weighted by Crippen LogP contribution is -2.29. The first-order valence-electron chi connectivity index (χ1n) is 9.52. The maximum Gasteiger partial charge on any atom is 0.272 e. The number of halogens is 1. The van der Waals surface area contributed by atoms with E-state index in [0.717, 1.165) is 38.9 Å². The van der Waals surface area contributed by atoms with E-state index < -0.39 is 0 Å². The minimum Gasteiger partial charge on any atom is -0.348 e. The summed E-state index contributed by atoms with van der Waals surface area (Å²) in [4.78, 5) is 20.0. The summed E-state index contributed by atoms with van der Waals surface area (Å²) in [5.41, 5.74) is 3.52. The molecule has 7 heteroatoms. The number of hydrogen-bond donors (Lipinski definition) is 1. The van der Waals surface area contributed by atoms with Gasteiger partial charge in [0, 0.05) is 33.4 Å². The minimum absolute atomic E-state index is 0.0965. The van der Waals surface area contributed by atoms with Crippen LogP contribution in [-0.2, 0) is 6.54 Å². The highest BCUT2D eigenvalue weighted by Crippen LogP contribution is 2.25. The number of aryl methyl sites for hydroxylation is 1. The monoisotopic (exact) mass is 506 g/mol. The number of piperidine rings is 1. The van der Waals surface area contributed by atoms with Crippen molar-refractivity contribution in [3.05, 3.63) is 62.4 Å². The Kier molecular flexibility index (Phi) is 6.01. The van der Waals surface area contributed by atoms with Crippen molar-refractivity contribution in [2.75, 3.05) is 23.3 Å². The van der Waals surface area contributed by atoms with Gasteiger partial charge in [-0.15, -0.1) is 11.3 Å². The number of benzene rings is 1. The molecule has 0 bridgehead atoms. The molecule has 0 saturated carbocycles. The smallest absolute Gasteiger partial charge is 0.272 e. The second kappa shape index (κ2) is 8.65. The van der Waals surface area contributed by atoms with Crippen LogP contribution in [0.15, 0.2) is 41.8 Å². The number of thiazole rings is 1. The maximum absolute atomic E-state index is 12.8. The standard InChI is InChI=1S/C21H23IN4OS/c1-15-5-10-19(20(27)23-17-8-6-16(22)7-9-17)26(15)13-18-14-28-21(24-18)25-11-3-2-4-12-25/h5-10,14H,2-4,11-13H2,1H3,(H,23,27). The fourth-order valence-corrected chi connectivity index (χ4v) is 4.70.